The van der Waals surface area contributed by atoms with Crippen LogP contribution in [-0.2, 0) is 18.3 Å². The molecule has 0 aliphatic rings. The molecule has 5 nitrogen and oxygen atoms in total. The van der Waals surface area contributed by atoms with Crippen molar-refractivity contribution >= 4 is 17.2 Å². The van der Waals surface area contributed by atoms with Gasteiger partial charge >= 0.3 is 0 Å². The van der Waals surface area contributed by atoms with Crippen molar-refractivity contribution in [2.45, 2.75) is 46.6 Å². The molecule has 1 atom stereocenters. The minimum atomic E-state index is -0.0523. The first kappa shape index (κ1) is 19.3. The van der Waals surface area contributed by atoms with Gasteiger partial charge in [0.05, 0.1) is 22.3 Å². The highest BCUT2D eigenvalue weighted by Crippen LogP contribution is 2.31. The second kappa shape index (κ2) is 8.05. The molecule has 6 heteroatoms. The van der Waals surface area contributed by atoms with Crippen LogP contribution in [0.4, 0.5) is 0 Å². The molecule has 0 spiro atoms. The van der Waals surface area contributed by atoms with Gasteiger partial charge in [0.25, 0.3) is 0 Å². The highest BCUT2D eigenvalue weighted by atomic mass is 32.1. The number of carbonyl (C=O) groups excluding carboxylic acids is 1. The molecule has 1 N–H and O–H groups in total. The molecule has 1 amide bonds. The Bertz CT molecular complexity index is 943. The summed E-state index contributed by atoms with van der Waals surface area (Å²) in [6, 6.07) is 10.1. The maximum Gasteiger partial charge on any atom is 0.220 e. The van der Waals surface area contributed by atoms with Crippen molar-refractivity contribution < 1.29 is 4.79 Å². The van der Waals surface area contributed by atoms with E-state index in [-0.39, 0.29) is 11.9 Å². The van der Waals surface area contributed by atoms with Crippen molar-refractivity contribution in [1.29, 1.82) is 0 Å². The molecule has 0 aliphatic heterocycles. The smallest absolute Gasteiger partial charge is 0.220 e. The summed E-state index contributed by atoms with van der Waals surface area (Å²) < 4.78 is 1.87. The number of carbonyl (C=O) groups is 1. The third-order valence-electron chi connectivity index (χ3n) is 4.88. The van der Waals surface area contributed by atoms with Gasteiger partial charge in [0.2, 0.25) is 5.91 Å². The third kappa shape index (κ3) is 4.27. The second-order valence-electron chi connectivity index (χ2n) is 6.90. The second-order valence-corrected chi connectivity index (χ2v) is 7.93. The molecule has 0 radical (unpaired) electrons. The zero-order chi connectivity index (χ0) is 19.6. The first-order chi connectivity index (χ1) is 12.9. The summed E-state index contributed by atoms with van der Waals surface area (Å²) in [7, 11) is 1.94. The van der Waals surface area contributed by atoms with Crippen LogP contribution in [0.1, 0.15) is 46.9 Å². The molecule has 0 saturated heterocycles. The van der Waals surface area contributed by atoms with Crippen LogP contribution in [-0.4, -0.2) is 20.7 Å². The Morgan fingerprint density at radius 1 is 1.19 bits per heavy atom. The van der Waals surface area contributed by atoms with Crippen LogP contribution in [0, 0.1) is 20.8 Å². The fourth-order valence-corrected chi connectivity index (χ4v) is 4.39. The predicted octanol–water partition coefficient (Wildman–Crippen LogP) is 4.28. The van der Waals surface area contributed by atoms with Crippen molar-refractivity contribution in [3.05, 3.63) is 57.9 Å². The number of aryl methyl sites for hydroxylation is 3. The molecule has 0 aliphatic carbocycles. The minimum Gasteiger partial charge on any atom is -0.349 e. The number of aromatic nitrogens is 3. The third-order valence-corrected chi connectivity index (χ3v) is 6.27. The number of hydrogen-bond donors (Lipinski definition) is 1. The summed E-state index contributed by atoms with van der Waals surface area (Å²) in [5.74, 6) is 0.0548. The molecule has 2 heterocycles. The Balaban J connectivity index is 1.64. The van der Waals surface area contributed by atoms with Crippen molar-refractivity contribution in [1.82, 2.24) is 20.1 Å². The van der Waals surface area contributed by atoms with E-state index in [0.717, 1.165) is 32.5 Å². The molecule has 142 valence electrons. The number of nitrogens with zero attached hydrogens (tertiary/aromatic N) is 3. The molecule has 0 fully saturated rings. The van der Waals surface area contributed by atoms with E-state index in [1.807, 2.05) is 57.6 Å². The lowest BCUT2D eigenvalue weighted by Gasteiger charge is -2.13. The van der Waals surface area contributed by atoms with Gasteiger partial charge in [-0.1, -0.05) is 30.3 Å². The van der Waals surface area contributed by atoms with Gasteiger partial charge in [-0.25, -0.2) is 4.98 Å². The van der Waals surface area contributed by atoms with Crippen molar-refractivity contribution in [2.24, 2.45) is 7.05 Å². The van der Waals surface area contributed by atoms with Crippen molar-refractivity contribution in [2.75, 3.05) is 0 Å². The highest BCUT2D eigenvalue weighted by molar-refractivity contribution is 7.15. The largest absolute Gasteiger partial charge is 0.349 e. The molecule has 0 saturated carbocycles. The number of hydrogen-bond acceptors (Lipinski definition) is 4. The standard InChI is InChI=1S/C21H26N4OS/c1-13-18(16(4)25(5)24-13)11-12-19(26)22-14(2)20-15(3)23-21(27-20)17-9-7-6-8-10-17/h6-10,14H,11-12H2,1-5H3,(H,22,26). The lowest BCUT2D eigenvalue weighted by Crippen LogP contribution is -2.26. The van der Waals surface area contributed by atoms with E-state index in [1.54, 1.807) is 11.3 Å². The van der Waals surface area contributed by atoms with Gasteiger partial charge in [0, 0.05) is 24.7 Å². The summed E-state index contributed by atoms with van der Waals surface area (Å²) in [5, 5.41) is 8.53. The molecular weight excluding hydrogens is 356 g/mol. The quantitative estimate of drug-likeness (QED) is 0.692. The molecule has 3 aromatic rings. The van der Waals surface area contributed by atoms with Crippen LogP contribution in [0.5, 0.6) is 0 Å². The Morgan fingerprint density at radius 3 is 2.52 bits per heavy atom. The van der Waals surface area contributed by atoms with Gasteiger partial charge in [0.1, 0.15) is 5.01 Å². The molecule has 1 unspecified atom stereocenters. The summed E-state index contributed by atoms with van der Waals surface area (Å²) in [6.07, 6.45) is 1.17. The summed E-state index contributed by atoms with van der Waals surface area (Å²) in [6.45, 7) is 8.06. The van der Waals surface area contributed by atoms with Gasteiger partial charge in [-0.3, -0.25) is 9.48 Å². The van der Waals surface area contributed by atoms with Crippen molar-refractivity contribution in [3.8, 4) is 10.6 Å². The first-order valence-electron chi connectivity index (χ1n) is 9.18. The topological polar surface area (TPSA) is 59.8 Å². The van der Waals surface area contributed by atoms with Gasteiger partial charge in [-0.2, -0.15) is 5.10 Å². The van der Waals surface area contributed by atoms with E-state index >= 15 is 0 Å². The molecule has 1 aromatic carbocycles. The Kier molecular flexibility index (Phi) is 5.75. The maximum atomic E-state index is 12.5. The van der Waals surface area contributed by atoms with Crippen LogP contribution < -0.4 is 5.32 Å². The molecule has 27 heavy (non-hydrogen) atoms. The summed E-state index contributed by atoms with van der Waals surface area (Å²) in [4.78, 5) is 18.3. The van der Waals surface area contributed by atoms with Gasteiger partial charge in [-0.15, -0.1) is 11.3 Å². The number of amides is 1. The Labute approximate surface area is 164 Å². The van der Waals surface area contributed by atoms with E-state index in [9.17, 15) is 4.79 Å². The van der Waals surface area contributed by atoms with E-state index in [2.05, 4.69) is 27.5 Å². The van der Waals surface area contributed by atoms with E-state index in [4.69, 9.17) is 0 Å². The predicted molar refractivity (Wildman–Crippen MR) is 110 cm³/mol. The number of benzene rings is 1. The fraction of sp³-hybridized carbons (Fsp3) is 0.381. The van der Waals surface area contributed by atoms with Crippen LogP contribution in [0.2, 0.25) is 0 Å². The molecular formula is C21H26N4OS. The Hall–Kier alpha value is -2.47. The molecule has 3 rings (SSSR count). The number of thiazole rings is 1. The highest BCUT2D eigenvalue weighted by Gasteiger charge is 2.18. The van der Waals surface area contributed by atoms with Crippen molar-refractivity contribution in [3.63, 3.8) is 0 Å². The zero-order valence-corrected chi connectivity index (χ0v) is 17.4. The Morgan fingerprint density at radius 2 is 1.89 bits per heavy atom. The van der Waals surface area contributed by atoms with E-state index in [0.29, 0.717) is 12.8 Å². The van der Waals surface area contributed by atoms with Gasteiger partial charge in [-0.05, 0) is 39.7 Å². The number of rotatable bonds is 6. The van der Waals surface area contributed by atoms with Gasteiger partial charge < -0.3 is 5.32 Å². The fourth-order valence-electron chi connectivity index (χ4n) is 3.31. The average Bonchev–Trinajstić information content (AvgIpc) is 3.14. The molecule has 2 aromatic heterocycles. The van der Waals surface area contributed by atoms with E-state index in [1.165, 1.54) is 5.56 Å². The van der Waals surface area contributed by atoms with Crippen LogP contribution in [0.25, 0.3) is 10.6 Å². The lowest BCUT2D eigenvalue weighted by molar-refractivity contribution is -0.121. The summed E-state index contributed by atoms with van der Waals surface area (Å²) in [5.41, 5.74) is 5.38. The number of nitrogens with one attached hydrogen (secondary N) is 1. The van der Waals surface area contributed by atoms with Crippen LogP contribution in [0.3, 0.4) is 0 Å². The van der Waals surface area contributed by atoms with Crippen LogP contribution >= 0.6 is 11.3 Å². The average molecular weight is 383 g/mol. The normalized spacial score (nSPS) is 12.2. The maximum absolute atomic E-state index is 12.5. The first-order valence-corrected chi connectivity index (χ1v) is 9.99. The summed E-state index contributed by atoms with van der Waals surface area (Å²) >= 11 is 1.65. The van der Waals surface area contributed by atoms with E-state index < -0.39 is 0 Å². The monoisotopic (exact) mass is 382 g/mol. The van der Waals surface area contributed by atoms with Gasteiger partial charge in [0.15, 0.2) is 0 Å². The zero-order valence-electron chi connectivity index (χ0n) is 16.5. The SMILES string of the molecule is Cc1nc(-c2ccccc2)sc1C(C)NC(=O)CCc1c(C)nn(C)c1C. The lowest BCUT2D eigenvalue weighted by atomic mass is 10.1. The minimum absolute atomic E-state index is 0.0523. The molecule has 0 bridgehead atoms. The van der Waals surface area contributed by atoms with Crippen LogP contribution in [0.15, 0.2) is 30.3 Å².